The van der Waals surface area contributed by atoms with E-state index in [1.54, 1.807) is 6.92 Å². The molecule has 1 aromatic heterocycles. The van der Waals surface area contributed by atoms with Crippen LogP contribution in [0.1, 0.15) is 5.69 Å². The fourth-order valence-electron chi connectivity index (χ4n) is 0.617. The minimum Gasteiger partial charge on any atom is -0.393 e. The first-order valence-electron chi connectivity index (χ1n) is 2.73. The van der Waals surface area contributed by atoms with Gasteiger partial charge in [0.05, 0.1) is 5.69 Å². The highest BCUT2D eigenvalue weighted by Gasteiger charge is 1.99. The molecule has 0 unspecified atom stereocenters. The van der Waals surface area contributed by atoms with Gasteiger partial charge in [0.1, 0.15) is 5.69 Å². The molecule has 0 amide bonds. The lowest BCUT2D eigenvalue weighted by Gasteiger charge is -1.97. The van der Waals surface area contributed by atoms with Gasteiger partial charge >= 0.3 is 0 Å². The molecule has 5 N–H and O–H groups in total. The number of aromatic nitrogens is 2. The molecule has 0 saturated carbocycles. The Kier molecular flexibility index (Phi) is 1.33. The molecule has 0 aliphatic rings. The largest absolute Gasteiger partial charge is 0.393 e. The normalized spacial score (nSPS) is 9.70. The lowest BCUT2D eigenvalue weighted by Crippen LogP contribution is -2.16. The predicted octanol–water partition coefficient (Wildman–Crippen LogP) is -0.757. The Balaban J connectivity index is 3.46. The molecule has 0 aliphatic heterocycles. The van der Waals surface area contributed by atoms with E-state index in [-0.39, 0.29) is 17.2 Å². The van der Waals surface area contributed by atoms with Crippen LogP contribution in [-0.4, -0.2) is 9.97 Å². The fraction of sp³-hybridized carbons (Fsp3) is 0.200. The van der Waals surface area contributed by atoms with Gasteiger partial charge in [-0.15, -0.1) is 0 Å². The van der Waals surface area contributed by atoms with Crippen LogP contribution >= 0.6 is 0 Å². The molecule has 0 radical (unpaired) electrons. The maximum Gasteiger partial charge on any atom is 0.275 e. The molecule has 0 saturated heterocycles. The highest BCUT2D eigenvalue weighted by atomic mass is 16.1. The molecule has 0 aliphatic carbocycles. The number of nitrogens with two attached hydrogens (primary N) is 2. The highest BCUT2D eigenvalue weighted by Crippen LogP contribution is 1.98. The Labute approximate surface area is 57.1 Å². The van der Waals surface area contributed by atoms with Crippen molar-refractivity contribution in [2.75, 3.05) is 11.5 Å². The van der Waals surface area contributed by atoms with Gasteiger partial charge in [0.25, 0.3) is 5.56 Å². The van der Waals surface area contributed by atoms with Gasteiger partial charge in [0.2, 0.25) is 5.95 Å². The molecule has 0 bridgehead atoms. The van der Waals surface area contributed by atoms with Crippen molar-refractivity contribution >= 4 is 11.6 Å². The van der Waals surface area contributed by atoms with Gasteiger partial charge < -0.3 is 11.5 Å². The molecule has 0 aromatic carbocycles. The van der Waals surface area contributed by atoms with Gasteiger partial charge in [-0.3, -0.25) is 9.78 Å². The number of H-pyrrole nitrogens is 1. The van der Waals surface area contributed by atoms with Gasteiger partial charge in [-0.1, -0.05) is 0 Å². The van der Waals surface area contributed by atoms with Gasteiger partial charge in [0, 0.05) is 0 Å². The van der Waals surface area contributed by atoms with Crippen LogP contribution in [0.2, 0.25) is 0 Å². The second-order valence-electron chi connectivity index (χ2n) is 1.95. The zero-order valence-corrected chi connectivity index (χ0v) is 5.51. The summed E-state index contributed by atoms with van der Waals surface area (Å²) in [5.74, 6) is 0.0942. The molecule has 5 nitrogen and oxygen atoms in total. The lowest BCUT2D eigenvalue weighted by molar-refractivity contribution is 1.09. The van der Waals surface area contributed by atoms with Crippen LogP contribution in [-0.2, 0) is 0 Å². The van der Waals surface area contributed by atoms with Gasteiger partial charge in [-0.25, -0.2) is 4.98 Å². The summed E-state index contributed by atoms with van der Waals surface area (Å²) in [6, 6.07) is 0. The first-order valence-corrected chi connectivity index (χ1v) is 2.73. The summed E-state index contributed by atoms with van der Waals surface area (Å²) in [7, 11) is 0. The first-order chi connectivity index (χ1) is 4.61. The van der Waals surface area contributed by atoms with E-state index < -0.39 is 0 Å². The Morgan fingerprint density at radius 1 is 1.50 bits per heavy atom. The number of hydrogen-bond donors (Lipinski definition) is 3. The number of nitrogens with one attached hydrogen (secondary N) is 1. The molecule has 1 aromatic rings. The summed E-state index contributed by atoms with van der Waals surface area (Å²) in [4.78, 5) is 16.8. The molecule has 0 atom stereocenters. The van der Waals surface area contributed by atoms with Crippen LogP contribution in [0.3, 0.4) is 0 Å². The molecule has 1 rings (SSSR count). The third-order valence-corrected chi connectivity index (χ3v) is 1.16. The van der Waals surface area contributed by atoms with Crippen molar-refractivity contribution in [1.82, 2.24) is 9.97 Å². The molecule has 54 valence electrons. The molecular formula is C5H8N4O. The average Bonchev–Trinajstić information content (AvgIpc) is 1.82. The number of hydrogen-bond acceptors (Lipinski definition) is 4. The minimum absolute atomic E-state index is 0.0942. The molecule has 1 heterocycles. The predicted molar refractivity (Wildman–Crippen MR) is 38.4 cm³/mol. The summed E-state index contributed by atoms with van der Waals surface area (Å²) in [6.45, 7) is 1.63. The van der Waals surface area contributed by atoms with Crippen molar-refractivity contribution in [2.24, 2.45) is 0 Å². The van der Waals surface area contributed by atoms with Crippen molar-refractivity contribution in [3.63, 3.8) is 0 Å². The Morgan fingerprint density at radius 2 is 2.10 bits per heavy atom. The van der Waals surface area contributed by atoms with Crippen molar-refractivity contribution in [2.45, 2.75) is 6.92 Å². The van der Waals surface area contributed by atoms with E-state index in [2.05, 4.69) is 9.97 Å². The maximum absolute atomic E-state index is 10.8. The molecule has 10 heavy (non-hydrogen) atoms. The van der Waals surface area contributed by atoms with E-state index in [0.29, 0.717) is 5.69 Å². The van der Waals surface area contributed by atoms with E-state index in [4.69, 9.17) is 11.5 Å². The molecule has 0 spiro atoms. The van der Waals surface area contributed by atoms with Crippen LogP contribution in [0, 0.1) is 6.92 Å². The average molecular weight is 140 g/mol. The van der Waals surface area contributed by atoms with E-state index in [1.165, 1.54) is 0 Å². The summed E-state index contributed by atoms with van der Waals surface area (Å²) in [5, 5.41) is 0. The Morgan fingerprint density at radius 3 is 2.60 bits per heavy atom. The third-order valence-electron chi connectivity index (χ3n) is 1.16. The van der Waals surface area contributed by atoms with Crippen LogP contribution in [0.25, 0.3) is 0 Å². The topological polar surface area (TPSA) is 97.8 Å². The number of anilines is 2. The minimum atomic E-state index is -0.384. The number of rotatable bonds is 0. The van der Waals surface area contributed by atoms with Crippen LogP contribution in [0.15, 0.2) is 4.79 Å². The van der Waals surface area contributed by atoms with Crippen LogP contribution in [0.4, 0.5) is 11.6 Å². The second-order valence-corrected chi connectivity index (χ2v) is 1.95. The third kappa shape index (κ3) is 0.928. The smallest absolute Gasteiger partial charge is 0.275 e. The lowest BCUT2D eigenvalue weighted by atomic mass is 10.4. The van der Waals surface area contributed by atoms with Crippen molar-refractivity contribution < 1.29 is 0 Å². The van der Waals surface area contributed by atoms with E-state index in [0.717, 1.165) is 0 Å². The van der Waals surface area contributed by atoms with Crippen molar-refractivity contribution in [1.29, 1.82) is 0 Å². The van der Waals surface area contributed by atoms with Crippen molar-refractivity contribution in [3.05, 3.63) is 16.0 Å². The maximum atomic E-state index is 10.8. The van der Waals surface area contributed by atoms with E-state index >= 15 is 0 Å². The van der Waals surface area contributed by atoms with Crippen LogP contribution in [0.5, 0.6) is 0 Å². The van der Waals surface area contributed by atoms with E-state index in [1.807, 2.05) is 0 Å². The van der Waals surface area contributed by atoms with Crippen LogP contribution < -0.4 is 17.0 Å². The SMILES string of the molecule is Cc1nc(N)[nH]c(=O)c1N. The number of nitrogens with zero attached hydrogens (tertiary/aromatic N) is 1. The standard InChI is InChI=1S/C5H8N4O/c1-2-3(6)4(10)9-5(7)8-2/h6H2,1H3,(H3,7,8,9,10). The Bertz CT molecular complexity index is 303. The zero-order valence-electron chi connectivity index (χ0n) is 5.51. The second kappa shape index (κ2) is 2.02. The van der Waals surface area contributed by atoms with Gasteiger partial charge in [-0.05, 0) is 6.92 Å². The van der Waals surface area contributed by atoms with Gasteiger partial charge in [0.15, 0.2) is 0 Å². The zero-order chi connectivity index (χ0) is 7.72. The molecule has 5 heteroatoms. The number of nitrogen functional groups attached to an aromatic ring is 2. The monoisotopic (exact) mass is 140 g/mol. The molecule has 0 fully saturated rings. The fourth-order valence-corrected chi connectivity index (χ4v) is 0.617. The molecular weight excluding hydrogens is 132 g/mol. The quantitative estimate of drug-likeness (QED) is 0.441. The summed E-state index contributed by atoms with van der Waals surface area (Å²) in [5.41, 5.74) is 10.7. The number of aromatic amines is 1. The van der Waals surface area contributed by atoms with Crippen molar-refractivity contribution in [3.8, 4) is 0 Å². The number of aryl methyl sites for hydroxylation is 1. The highest BCUT2D eigenvalue weighted by molar-refractivity contribution is 5.41. The van der Waals surface area contributed by atoms with E-state index in [9.17, 15) is 4.79 Å². The summed E-state index contributed by atoms with van der Waals surface area (Å²) in [6.07, 6.45) is 0. The first kappa shape index (κ1) is 6.60. The summed E-state index contributed by atoms with van der Waals surface area (Å²) >= 11 is 0. The van der Waals surface area contributed by atoms with Gasteiger partial charge in [-0.2, -0.15) is 0 Å². The summed E-state index contributed by atoms with van der Waals surface area (Å²) < 4.78 is 0. The Hall–Kier alpha value is -1.52.